The van der Waals surface area contributed by atoms with Gasteiger partial charge in [0.05, 0.1) is 25.6 Å². The minimum Gasteiger partial charge on any atom is -0.872 e. The van der Waals surface area contributed by atoms with Gasteiger partial charge in [0, 0.05) is 0 Å². The van der Waals surface area contributed by atoms with Gasteiger partial charge in [-0.05, 0) is 58.7 Å². The topological polar surface area (TPSA) is 112 Å². The van der Waals surface area contributed by atoms with Crippen LogP contribution in [0.5, 0.6) is 23.0 Å². The van der Waals surface area contributed by atoms with Crippen LogP contribution in [0.2, 0.25) is 0 Å². The zero-order valence-electron chi connectivity index (χ0n) is 19.2. The summed E-state index contributed by atoms with van der Waals surface area (Å²) in [4.78, 5) is 0. The normalized spacial score (nSPS) is 9.66. The van der Waals surface area contributed by atoms with Crippen molar-refractivity contribution in [2.45, 2.75) is 0 Å². The number of nitrogens with one attached hydrogen (secondary N) is 2. The Morgan fingerprint density at radius 3 is 1.20 bits per heavy atom. The Morgan fingerprint density at radius 2 is 0.914 bits per heavy atom. The largest absolute Gasteiger partial charge is 2.00 e. The van der Waals surface area contributed by atoms with Gasteiger partial charge in [-0.15, -0.1) is 0 Å². The molecular formula is C28H24N2NiO4. The minimum absolute atomic E-state index is 0. The molecule has 0 fully saturated rings. The van der Waals surface area contributed by atoms with E-state index in [9.17, 15) is 10.2 Å². The van der Waals surface area contributed by atoms with E-state index in [1.807, 2.05) is 60.7 Å². The average Bonchev–Trinajstić information content (AvgIpc) is 2.89. The summed E-state index contributed by atoms with van der Waals surface area (Å²) in [5.74, 6) is 0.635. The number of hydrogen-bond donors (Lipinski definition) is 2. The summed E-state index contributed by atoms with van der Waals surface area (Å²) in [7, 11) is 3.02. The van der Waals surface area contributed by atoms with Gasteiger partial charge < -0.3 is 19.7 Å². The van der Waals surface area contributed by atoms with Gasteiger partial charge in [0.1, 0.15) is 11.5 Å². The fourth-order valence-corrected chi connectivity index (χ4v) is 3.19. The van der Waals surface area contributed by atoms with E-state index in [1.54, 1.807) is 24.3 Å². The molecule has 4 rings (SSSR count). The van der Waals surface area contributed by atoms with E-state index in [1.165, 1.54) is 26.4 Å². The summed E-state index contributed by atoms with van der Waals surface area (Å²) >= 11 is 0. The molecule has 0 saturated heterocycles. The Labute approximate surface area is 214 Å². The Bertz CT molecular complexity index is 1180. The standard InChI is InChI=1S/2C14H13NO2.Ni/c2*1-17-11-7-8-12(13(16)9-11)14(15)10-5-3-2-4-6-10;/h2*2-9,15-16H,1H3;/q;;+2/p-2. The maximum atomic E-state index is 11.8. The Balaban J connectivity index is 0.000000240. The van der Waals surface area contributed by atoms with E-state index in [4.69, 9.17) is 20.3 Å². The number of benzene rings is 4. The van der Waals surface area contributed by atoms with Crippen LogP contribution in [-0.4, -0.2) is 25.6 Å². The Kier molecular flexibility index (Phi) is 10.1. The summed E-state index contributed by atoms with van der Waals surface area (Å²) in [6.07, 6.45) is 0. The molecule has 35 heavy (non-hydrogen) atoms. The molecule has 180 valence electrons. The van der Waals surface area contributed by atoms with E-state index >= 15 is 0 Å². The summed E-state index contributed by atoms with van der Waals surface area (Å²) in [6.45, 7) is 0. The van der Waals surface area contributed by atoms with Crippen LogP contribution < -0.4 is 19.7 Å². The molecule has 0 saturated carbocycles. The smallest absolute Gasteiger partial charge is 0.872 e. The van der Waals surface area contributed by atoms with Crippen LogP contribution in [0.4, 0.5) is 0 Å². The van der Waals surface area contributed by atoms with Crippen molar-refractivity contribution in [3.63, 3.8) is 0 Å². The van der Waals surface area contributed by atoms with Gasteiger partial charge in [-0.1, -0.05) is 72.2 Å². The number of hydrogen-bond acceptors (Lipinski definition) is 6. The molecular weight excluding hydrogens is 487 g/mol. The summed E-state index contributed by atoms with van der Waals surface area (Å²) in [5, 5.41) is 39.6. The van der Waals surface area contributed by atoms with Crippen molar-refractivity contribution in [2.24, 2.45) is 0 Å². The van der Waals surface area contributed by atoms with Crippen molar-refractivity contribution in [1.82, 2.24) is 0 Å². The zero-order valence-corrected chi connectivity index (χ0v) is 20.2. The van der Waals surface area contributed by atoms with Gasteiger partial charge in [0.2, 0.25) is 0 Å². The monoisotopic (exact) mass is 510 g/mol. The van der Waals surface area contributed by atoms with Gasteiger partial charge in [-0.25, -0.2) is 0 Å². The zero-order chi connectivity index (χ0) is 24.5. The number of rotatable bonds is 6. The van der Waals surface area contributed by atoms with Gasteiger partial charge in [0.25, 0.3) is 0 Å². The molecule has 4 aromatic carbocycles. The van der Waals surface area contributed by atoms with Crippen molar-refractivity contribution < 1.29 is 36.2 Å². The first-order chi connectivity index (χ1) is 16.4. The summed E-state index contributed by atoms with van der Waals surface area (Å²) in [6, 6.07) is 27.8. The summed E-state index contributed by atoms with van der Waals surface area (Å²) in [5.41, 5.74) is 2.70. The fraction of sp³-hybridized carbons (Fsp3) is 0.0714. The predicted octanol–water partition coefficient (Wildman–Crippen LogP) is 4.37. The first-order valence-electron chi connectivity index (χ1n) is 10.4. The Morgan fingerprint density at radius 1 is 0.571 bits per heavy atom. The molecule has 0 unspecified atom stereocenters. The third kappa shape index (κ3) is 6.95. The van der Waals surface area contributed by atoms with Gasteiger partial charge in [-0.3, -0.25) is 10.8 Å². The average molecular weight is 511 g/mol. The molecule has 2 N–H and O–H groups in total. The minimum atomic E-state index is -0.196. The van der Waals surface area contributed by atoms with Crippen molar-refractivity contribution in [3.05, 3.63) is 119 Å². The number of methoxy groups -OCH3 is 2. The molecule has 4 aromatic rings. The quantitative estimate of drug-likeness (QED) is 0.296. The van der Waals surface area contributed by atoms with Crippen LogP contribution in [0.25, 0.3) is 0 Å². The SMILES string of the molecule is COc1ccc(C(=N)c2ccccc2)c([O-])c1.COc1ccc(C(=N)c2ccccc2)c([O-])c1.[Ni+2]. The predicted molar refractivity (Wildman–Crippen MR) is 130 cm³/mol. The van der Waals surface area contributed by atoms with Crippen LogP contribution in [0, 0.1) is 10.8 Å². The molecule has 0 aliphatic rings. The number of ether oxygens (including phenoxy) is 2. The second-order valence-corrected chi connectivity index (χ2v) is 7.21. The summed E-state index contributed by atoms with van der Waals surface area (Å²) < 4.78 is 9.93. The molecule has 0 aromatic heterocycles. The third-order valence-electron chi connectivity index (χ3n) is 5.04. The molecule has 7 heteroatoms. The molecule has 0 radical (unpaired) electrons. The van der Waals surface area contributed by atoms with Gasteiger partial charge in [0.15, 0.2) is 0 Å². The van der Waals surface area contributed by atoms with Crippen LogP contribution in [0.1, 0.15) is 22.3 Å². The first-order valence-corrected chi connectivity index (χ1v) is 10.4. The van der Waals surface area contributed by atoms with E-state index in [0.717, 1.165) is 11.1 Å². The van der Waals surface area contributed by atoms with E-state index < -0.39 is 0 Å². The van der Waals surface area contributed by atoms with Crippen LogP contribution in [0.15, 0.2) is 97.1 Å². The second kappa shape index (κ2) is 13.0. The molecule has 0 bridgehead atoms. The van der Waals surface area contributed by atoms with Gasteiger partial charge >= 0.3 is 16.5 Å². The van der Waals surface area contributed by atoms with Crippen molar-refractivity contribution in [3.8, 4) is 23.0 Å². The fourth-order valence-electron chi connectivity index (χ4n) is 3.19. The Hall–Kier alpha value is -4.09. The van der Waals surface area contributed by atoms with E-state index in [2.05, 4.69) is 0 Å². The second-order valence-electron chi connectivity index (χ2n) is 7.21. The third-order valence-corrected chi connectivity index (χ3v) is 5.04. The molecule has 0 aliphatic carbocycles. The van der Waals surface area contributed by atoms with Crippen LogP contribution in [-0.2, 0) is 16.5 Å². The first kappa shape index (κ1) is 27.2. The molecule has 0 atom stereocenters. The van der Waals surface area contributed by atoms with Crippen LogP contribution in [0.3, 0.4) is 0 Å². The van der Waals surface area contributed by atoms with Crippen molar-refractivity contribution >= 4 is 11.4 Å². The van der Waals surface area contributed by atoms with E-state index in [0.29, 0.717) is 22.6 Å². The van der Waals surface area contributed by atoms with Crippen molar-refractivity contribution in [2.75, 3.05) is 14.2 Å². The van der Waals surface area contributed by atoms with Crippen molar-refractivity contribution in [1.29, 1.82) is 10.8 Å². The van der Waals surface area contributed by atoms with Gasteiger partial charge in [-0.2, -0.15) is 0 Å². The molecule has 0 amide bonds. The molecule has 0 aliphatic heterocycles. The molecule has 6 nitrogen and oxygen atoms in total. The van der Waals surface area contributed by atoms with Crippen LogP contribution >= 0.6 is 0 Å². The maximum absolute atomic E-state index is 11.8. The molecule has 0 heterocycles. The maximum Gasteiger partial charge on any atom is 2.00 e. The van der Waals surface area contributed by atoms with E-state index in [-0.39, 0.29) is 39.4 Å². The molecule has 0 spiro atoms.